The fourth-order valence-electron chi connectivity index (χ4n) is 2.31. The van der Waals surface area contributed by atoms with Gasteiger partial charge in [-0.1, -0.05) is 0 Å². The Morgan fingerprint density at radius 2 is 2.09 bits per heavy atom. The number of esters is 1. The number of benzene rings is 1. The van der Waals surface area contributed by atoms with Crippen molar-refractivity contribution in [2.75, 3.05) is 18.2 Å². The average molecular weight is 312 g/mol. The number of nitrogens with zero attached hydrogens (tertiary/aromatic N) is 2. The van der Waals surface area contributed by atoms with Crippen LogP contribution in [-0.2, 0) is 9.53 Å². The molecule has 0 unspecified atom stereocenters. The molecule has 0 aliphatic rings. The molecule has 23 heavy (non-hydrogen) atoms. The van der Waals surface area contributed by atoms with Crippen LogP contribution >= 0.6 is 0 Å². The number of ether oxygens (including phenoxy) is 1. The van der Waals surface area contributed by atoms with Crippen LogP contribution in [0.3, 0.4) is 0 Å². The van der Waals surface area contributed by atoms with E-state index in [9.17, 15) is 9.59 Å². The molecule has 0 spiro atoms. The van der Waals surface area contributed by atoms with Crippen LogP contribution in [0.5, 0.6) is 0 Å². The highest BCUT2D eigenvalue weighted by Crippen LogP contribution is 2.27. The van der Waals surface area contributed by atoms with Crippen molar-refractivity contribution < 1.29 is 14.3 Å². The third kappa shape index (κ3) is 3.01. The Morgan fingerprint density at radius 1 is 1.39 bits per heavy atom. The highest BCUT2D eigenvalue weighted by molar-refractivity contribution is 5.96. The number of aromatic nitrogens is 1. The Kier molecular flexibility index (Phi) is 4.37. The first-order valence-corrected chi connectivity index (χ1v) is 6.77. The number of nitrogens with one attached hydrogen (secondary N) is 1. The molecule has 1 aromatic carbocycles. The Labute approximate surface area is 133 Å². The predicted molar refractivity (Wildman–Crippen MR) is 85.3 cm³/mol. The molecule has 1 heterocycles. The van der Waals surface area contributed by atoms with Crippen LogP contribution in [0.15, 0.2) is 24.4 Å². The number of carbonyl (C=O) groups is 2. The van der Waals surface area contributed by atoms with Crippen molar-refractivity contribution in [2.24, 2.45) is 0 Å². The van der Waals surface area contributed by atoms with Crippen molar-refractivity contribution in [1.29, 1.82) is 5.26 Å². The molecule has 1 amide bonds. The van der Waals surface area contributed by atoms with Gasteiger partial charge in [-0.3, -0.25) is 4.79 Å². The quantitative estimate of drug-likeness (QED) is 0.842. The Balaban J connectivity index is 2.60. The van der Waals surface area contributed by atoms with E-state index in [0.29, 0.717) is 11.4 Å². The Hall–Kier alpha value is -3.27. The lowest BCUT2D eigenvalue weighted by molar-refractivity contribution is -0.114. The van der Waals surface area contributed by atoms with E-state index in [1.165, 1.54) is 24.8 Å². The lowest BCUT2D eigenvalue weighted by atomic mass is 10.1. The second kappa shape index (κ2) is 6.23. The molecule has 0 atom stereocenters. The molecule has 0 fully saturated rings. The van der Waals surface area contributed by atoms with Gasteiger partial charge in [-0.2, -0.15) is 5.26 Å². The van der Waals surface area contributed by atoms with Gasteiger partial charge < -0.3 is 20.4 Å². The number of amides is 1. The molecule has 0 saturated carbocycles. The number of aryl methyl sites for hydroxylation is 1. The van der Waals surface area contributed by atoms with Crippen LogP contribution in [0, 0.1) is 18.3 Å². The number of rotatable bonds is 3. The van der Waals surface area contributed by atoms with Crippen LogP contribution in [-0.4, -0.2) is 23.6 Å². The fraction of sp³-hybridized carbons (Fsp3) is 0.188. The minimum atomic E-state index is -0.630. The first-order chi connectivity index (χ1) is 10.9. The highest BCUT2D eigenvalue weighted by Gasteiger charge is 2.22. The summed E-state index contributed by atoms with van der Waals surface area (Å²) in [6.07, 6.45) is 1.49. The van der Waals surface area contributed by atoms with Gasteiger partial charge in [-0.05, 0) is 30.7 Å². The molecule has 0 aliphatic heterocycles. The number of hydrogen-bond donors (Lipinski definition) is 2. The summed E-state index contributed by atoms with van der Waals surface area (Å²) in [5.74, 6) is -0.807. The minimum absolute atomic E-state index is 0.0738. The summed E-state index contributed by atoms with van der Waals surface area (Å²) in [5, 5.41) is 11.8. The summed E-state index contributed by atoms with van der Waals surface area (Å²) < 4.78 is 6.27. The lowest BCUT2D eigenvalue weighted by Crippen LogP contribution is -2.12. The van der Waals surface area contributed by atoms with Crippen LogP contribution < -0.4 is 11.1 Å². The average Bonchev–Trinajstić information content (AvgIpc) is 2.82. The number of hydrogen-bond acceptors (Lipinski definition) is 5. The summed E-state index contributed by atoms with van der Waals surface area (Å²) >= 11 is 0. The van der Waals surface area contributed by atoms with E-state index < -0.39 is 5.97 Å². The third-order valence-electron chi connectivity index (χ3n) is 3.32. The zero-order chi connectivity index (χ0) is 17.1. The number of nitrogen functional groups attached to an aromatic ring is 1. The van der Waals surface area contributed by atoms with E-state index in [1.54, 1.807) is 18.2 Å². The summed E-state index contributed by atoms with van der Waals surface area (Å²) in [5.41, 5.74) is 8.32. The molecule has 0 bridgehead atoms. The van der Waals surface area contributed by atoms with Crippen molar-refractivity contribution >= 4 is 23.3 Å². The largest absolute Gasteiger partial charge is 0.464 e. The predicted octanol–water partition coefficient (Wildman–Crippen LogP) is 1.98. The molecule has 7 nitrogen and oxygen atoms in total. The molecule has 118 valence electrons. The zero-order valence-corrected chi connectivity index (χ0v) is 13.0. The molecule has 1 aromatic heterocycles. The van der Waals surface area contributed by atoms with Gasteiger partial charge >= 0.3 is 5.97 Å². The highest BCUT2D eigenvalue weighted by atomic mass is 16.5. The number of nitrogens with two attached hydrogens (primary N) is 1. The molecule has 2 rings (SSSR count). The Bertz CT molecular complexity index is 831. The summed E-state index contributed by atoms with van der Waals surface area (Å²) in [7, 11) is 1.25. The molecule has 0 saturated heterocycles. The van der Waals surface area contributed by atoms with E-state index >= 15 is 0 Å². The Morgan fingerprint density at radius 3 is 2.61 bits per heavy atom. The van der Waals surface area contributed by atoms with Gasteiger partial charge in [-0.25, -0.2) is 4.79 Å². The van der Waals surface area contributed by atoms with Gasteiger partial charge in [0.25, 0.3) is 0 Å². The van der Waals surface area contributed by atoms with E-state index in [2.05, 4.69) is 5.32 Å². The number of carbonyl (C=O) groups excluding carboxylic acids is 2. The molecule has 2 aromatic rings. The molecule has 0 aliphatic carbocycles. The topological polar surface area (TPSA) is 110 Å². The molecular weight excluding hydrogens is 296 g/mol. The second-order valence-electron chi connectivity index (χ2n) is 4.96. The van der Waals surface area contributed by atoms with Gasteiger partial charge in [0.2, 0.25) is 5.91 Å². The maximum Gasteiger partial charge on any atom is 0.357 e. The number of anilines is 2. The zero-order valence-electron chi connectivity index (χ0n) is 13.0. The molecule has 0 radical (unpaired) electrons. The van der Waals surface area contributed by atoms with E-state index in [0.717, 1.165) is 5.56 Å². The summed E-state index contributed by atoms with van der Waals surface area (Å²) in [4.78, 5) is 23.1. The number of methoxy groups -OCH3 is 1. The van der Waals surface area contributed by atoms with E-state index in [1.807, 2.05) is 13.0 Å². The van der Waals surface area contributed by atoms with Crippen molar-refractivity contribution in [1.82, 2.24) is 4.57 Å². The lowest BCUT2D eigenvalue weighted by Gasteiger charge is -2.13. The van der Waals surface area contributed by atoms with Crippen molar-refractivity contribution in [3.63, 3.8) is 0 Å². The van der Waals surface area contributed by atoms with Crippen LogP contribution in [0.25, 0.3) is 5.69 Å². The summed E-state index contributed by atoms with van der Waals surface area (Å²) in [6.45, 7) is 3.24. The van der Waals surface area contributed by atoms with Gasteiger partial charge in [0, 0.05) is 24.5 Å². The fourth-order valence-corrected chi connectivity index (χ4v) is 2.31. The first-order valence-electron chi connectivity index (χ1n) is 6.77. The molecular formula is C16H16N4O3. The third-order valence-corrected chi connectivity index (χ3v) is 3.32. The smallest absolute Gasteiger partial charge is 0.357 e. The SMILES string of the molecule is COC(=O)c1c(N)c(C#N)cn1-c1ccc(NC(C)=O)cc1C. The molecule has 7 heteroatoms. The van der Waals surface area contributed by atoms with Gasteiger partial charge in [0.1, 0.15) is 6.07 Å². The van der Waals surface area contributed by atoms with Crippen LogP contribution in [0.4, 0.5) is 11.4 Å². The number of nitriles is 1. The summed E-state index contributed by atoms with van der Waals surface area (Å²) in [6, 6.07) is 7.15. The maximum absolute atomic E-state index is 12.0. The standard InChI is InChI=1S/C16H16N4O3/c1-9-6-12(19-10(2)21)4-5-13(9)20-8-11(7-17)14(18)15(20)16(22)23-3/h4-6,8H,18H2,1-3H3,(H,19,21). The van der Waals surface area contributed by atoms with E-state index in [-0.39, 0.29) is 22.9 Å². The van der Waals surface area contributed by atoms with Gasteiger partial charge in [0.05, 0.1) is 18.4 Å². The van der Waals surface area contributed by atoms with E-state index in [4.69, 9.17) is 15.7 Å². The van der Waals surface area contributed by atoms with Gasteiger partial charge in [-0.15, -0.1) is 0 Å². The first kappa shape index (κ1) is 16.1. The van der Waals surface area contributed by atoms with Crippen molar-refractivity contribution in [3.8, 4) is 11.8 Å². The van der Waals surface area contributed by atoms with Gasteiger partial charge in [0.15, 0.2) is 5.69 Å². The second-order valence-corrected chi connectivity index (χ2v) is 4.96. The van der Waals surface area contributed by atoms with Crippen LogP contribution in [0.1, 0.15) is 28.5 Å². The van der Waals surface area contributed by atoms with Crippen LogP contribution in [0.2, 0.25) is 0 Å². The molecule has 3 N–H and O–H groups in total. The van der Waals surface area contributed by atoms with Crippen molar-refractivity contribution in [2.45, 2.75) is 13.8 Å². The normalized spacial score (nSPS) is 10.0. The monoisotopic (exact) mass is 312 g/mol. The minimum Gasteiger partial charge on any atom is -0.464 e. The van der Waals surface area contributed by atoms with Crippen molar-refractivity contribution in [3.05, 3.63) is 41.2 Å². The maximum atomic E-state index is 12.0.